The summed E-state index contributed by atoms with van der Waals surface area (Å²) in [5.41, 5.74) is 0.293. The smallest absolute Gasteiger partial charge is 0.257 e. The third-order valence-electron chi connectivity index (χ3n) is 3.88. The van der Waals surface area contributed by atoms with Crippen molar-refractivity contribution in [2.24, 2.45) is 0 Å². The summed E-state index contributed by atoms with van der Waals surface area (Å²) in [6.45, 7) is 3.48. The van der Waals surface area contributed by atoms with E-state index in [0.717, 1.165) is 12.8 Å². The van der Waals surface area contributed by atoms with Crippen LogP contribution in [0.2, 0.25) is 0 Å². The zero-order valence-corrected chi connectivity index (χ0v) is 12.8. The molecule has 2 atom stereocenters. The molecule has 1 aromatic carbocycles. The number of hydrogen-bond donors (Lipinski definition) is 2. The molecule has 1 aliphatic heterocycles. The minimum atomic E-state index is -0.661. The minimum Gasteiger partial charge on any atom is -0.391 e. The van der Waals surface area contributed by atoms with Gasteiger partial charge < -0.3 is 15.3 Å². The van der Waals surface area contributed by atoms with Crippen LogP contribution in [0.15, 0.2) is 18.2 Å². The third-order valence-corrected chi connectivity index (χ3v) is 3.88. The highest BCUT2D eigenvalue weighted by Crippen LogP contribution is 2.24. The first-order valence-electron chi connectivity index (χ1n) is 7.46. The second-order valence-electron chi connectivity index (χ2n) is 5.68. The molecular formula is C16H21FN2O3. The molecule has 0 aromatic heterocycles. The number of carbonyl (C=O) groups excluding carboxylic acids is 2. The molecule has 0 radical (unpaired) electrons. The lowest BCUT2D eigenvalue weighted by molar-refractivity contribution is -0.114. The summed E-state index contributed by atoms with van der Waals surface area (Å²) < 4.78 is 14.0. The number of piperidine rings is 1. The number of nitrogens with one attached hydrogen (secondary N) is 1. The molecule has 1 aromatic rings. The maximum absolute atomic E-state index is 14.0. The Kier molecular flexibility index (Phi) is 5.13. The number of nitrogens with zero attached hydrogens (tertiary/aromatic N) is 1. The van der Waals surface area contributed by atoms with Crippen molar-refractivity contribution in [3.05, 3.63) is 29.6 Å². The highest BCUT2D eigenvalue weighted by Gasteiger charge is 2.31. The van der Waals surface area contributed by atoms with Gasteiger partial charge in [0.25, 0.3) is 5.91 Å². The molecule has 2 rings (SSSR count). The molecule has 0 bridgehead atoms. The molecule has 6 heteroatoms. The van der Waals surface area contributed by atoms with Gasteiger partial charge in [0.1, 0.15) is 5.82 Å². The molecule has 0 aliphatic carbocycles. The van der Waals surface area contributed by atoms with Crippen molar-refractivity contribution >= 4 is 17.5 Å². The molecular weight excluding hydrogens is 287 g/mol. The van der Waals surface area contributed by atoms with E-state index in [1.807, 2.05) is 0 Å². The maximum atomic E-state index is 14.0. The molecule has 2 N–H and O–H groups in total. The predicted molar refractivity (Wildman–Crippen MR) is 81.1 cm³/mol. The van der Waals surface area contributed by atoms with Crippen molar-refractivity contribution in [1.29, 1.82) is 0 Å². The molecule has 1 aliphatic rings. The lowest BCUT2D eigenvalue weighted by Gasteiger charge is -2.37. The van der Waals surface area contributed by atoms with Crippen molar-refractivity contribution in [2.45, 2.75) is 45.3 Å². The van der Waals surface area contributed by atoms with E-state index in [-0.39, 0.29) is 17.5 Å². The second kappa shape index (κ2) is 6.87. The number of aliphatic hydroxyl groups excluding tert-OH is 1. The number of amides is 2. The molecule has 0 saturated carbocycles. The normalized spacial score (nSPS) is 19.6. The van der Waals surface area contributed by atoms with E-state index in [0.29, 0.717) is 18.7 Å². The number of hydrogen-bond acceptors (Lipinski definition) is 3. The fourth-order valence-electron chi connectivity index (χ4n) is 2.84. The summed E-state index contributed by atoms with van der Waals surface area (Å²) >= 11 is 0. The van der Waals surface area contributed by atoms with Crippen molar-refractivity contribution in [2.75, 3.05) is 11.9 Å². The van der Waals surface area contributed by atoms with Gasteiger partial charge in [-0.05, 0) is 44.4 Å². The van der Waals surface area contributed by atoms with Crippen LogP contribution in [0, 0.1) is 5.82 Å². The molecule has 2 unspecified atom stereocenters. The maximum Gasteiger partial charge on any atom is 0.257 e. The van der Waals surface area contributed by atoms with Crippen LogP contribution in [-0.4, -0.2) is 40.5 Å². The van der Waals surface area contributed by atoms with Gasteiger partial charge in [0, 0.05) is 19.2 Å². The van der Waals surface area contributed by atoms with Gasteiger partial charge in [-0.3, -0.25) is 9.59 Å². The number of likely N-dealkylation sites (tertiary alicyclic amines) is 1. The number of halogens is 1. The van der Waals surface area contributed by atoms with Crippen molar-refractivity contribution in [1.82, 2.24) is 4.90 Å². The van der Waals surface area contributed by atoms with E-state index in [4.69, 9.17) is 0 Å². The van der Waals surface area contributed by atoms with Crippen LogP contribution >= 0.6 is 0 Å². The van der Waals surface area contributed by atoms with Crippen LogP contribution < -0.4 is 5.32 Å². The monoisotopic (exact) mass is 308 g/mol. The Bertz CT molecular complexity index is 575. The Morgan fingerprint density at radius 3 is 2.77 bits per heavy atom. The first kappa shape index (κ1) is 16.4. The molecule has 22 heavy (non-hydrogen) atoms. The first-order valence-corrected chi connectivity index (χ1v) is 7.46. The topological polar surface area (TPSA) is 69.6 Å². The van der Waals surface area contributed by atoms with E-state index >= 15 is 0 Å². The standard InChI is InChI=1S/C16H21FN2O3/c1-10(20)15-5-3-4-8-19(15)16(22)13-9-12(18-11(2)21)6-7-14(13)17/h6-7,9-10,15,20H,3-5,8H2,1-2H3,(H,18,21). The fourth-order valence-corrected chi connectivity index (χ4v) is 2.84. The van der Waals surface area contributed by atoms with Crippen LogP contribution in [0.1, 0.15) is 43.5 Å². The van der Waals surface area contributed by atoms with Crippen molar-refractivity contribution < 1.29 is 19.1 Å². The third kappa shape index (κ3) is 3.62. The van der Waals surface area contributed by atoms with Gasteiger partial charge in [-0.2, -0.15) is 0 Å². The number of benzene rings is 1. The molecule has 1 fully saturated rings. The zero-order chi connectivity index (χ0) is 16.3. The lowest BCUT2D eigenvalue weighted by Crippen LogP contribution is -2.49. The van der Waals surface area contributed by atoms with Gasteiger partial charge in [-0.25, -0.2) is 4.39 Å². The van der Waals surface area contributed by atoms with Crippen LogP contribution in [0.3, 0.4) is 0 Å². The van der Waals surface area contributed by atoms with Gasteiger partial charge in [-0.15, -0.1) is 0 Å². The summed E-state index contributed by atoms with van der Waals surface area (Å²) in [5.74, 6) is -1.37. The Hall–Kier alpha value is -1.95. The summed E-state index contributed by atoms with van der Waals surface area (Å²) in [6, 6.07) is 3.62. The Morgan fingerprint density at radius 1 is 1.41 bits per heavy atom. The average molecular weight is 308 g/mol. The molecule has 120 valence electrons. The van der Waals surface area contributed by atoms with Crippen LogP contribution in [0.5, 0.6) is 0 Å². The van der Waals surface area contributed by atoms with E-state index in [1.165, 1.54) is 30.0 Å². The molecule has 1 saturated heterocycles. The van der Waals surface area contributed by atoms with E-state index < -0.39 is 17.8 Å². The van der Waals surface area contributed by atoms with Crippen LogP contribution in [0.25, 0.3) is 0 Å². The zero-order valence-electron chi connectivity index (χ0n) is 12.8. The second-order valence-corrected chi connectivity index (χ2v) is 5.68. The molecule has 0 spiro atoms. The predicted octanol–water partition coefficient (Wildman–Crippen LogP) is 2.16. The number of carbonyl (C=O) groups is 2. The summed E-state index contributed by atoms with van der Waals surface area (Å²) in [4.78, 5) is 25.3. The number of aliphatic hydroxyl groups is 1. The van der Waals surface area contributed by atoms with Gasteiger partial charge in [0.15, 0.2) is 0 Å². The van der Waals surface area contributed by atoms with Gasteiger partial charge in [-0.1, -0.05) is 0 Å². The molecule has 2 amide bonds. The Morgan fingerprint density at radius 2 is 2.14 bits per heavy atom. The first-order chi connectivity index (χ1) is 10.4. The van der Waals surface area contributed by atoms with Crippen molar-refractivity contribution in [3.8, 4) is 0 Å². The molecule has 1 heterocycles. The number of anilines is 1. The quantitative estimate of drug-likeness (QED) is 0.899. The van der Waals surface area contributed by atoms with Crippen LogP contribution in [0.4, 0.5) is 10.1 Å². The summed E-state index contributed by atoms with van der Waals surface area (Å²) in [6.07, 6.45) is 1.82. The van der Waals surface area contributed by atoms with E-state index in [9.17, 15) is 19.1 Å². The molecule has 5 nitrogen and oxygen atoms in total. The number of rotatable bonds is 3. The summed E-state index contributed by atoms with van der Waals surface area (Å²) in [5, 5.41) is 12.4. The average Bonchev–Trinajstić information content (AvgIpc) is 2.48. The lowest BCUT2D eigenvalue weighted by atomic mass is 9.97. The Labute approximate surface area is 129 Å². The minimum absolute atomic E-state index is 0.0844. The fraction of sp³-hybridized carbons (Fsp3) is 0.500. The highest BCUT2D eigenvalue weighted by atomic mass is 19.1. The SMILES string of the molecule is CC(=O)Nc1ccc(F)c(C(=O)N2CCCCC2C(C)O)c1. The van der Waals surface area contributed by atoms with E-state index in [1.54, 1.807) is 6.92 Å². The van der Waals surface area contributed by atoms with Gasteiger partial charge in [0.05, 0.1) is 17.7 Å². The largest absolute Gasteiger partial charge is 0.391 e. The Balaban J connectivity index is 2.29. The van der Waals surface area contributed by atoms with Crippen molar-refractivity contribution in [3.63, 3.8) is 0 Å². The van der Waals surface area contributed by atoms with Crippen LogP contribution in [-0.2, 0) is 4.79 Å². The van der Waals surface area contributed by atoms with Gasteiger partial charge >= 0.3 is 0 Å². The van der Waals surface area contributed by atoms with Gasteiger partial charge in [0.2, 0.25) is 5.91 Å². The highest BCUT2D eigenvalue weighted by molar-refractivity contribution is 5.97. The summed E-state index contributed by atoms with van der Waals surface area (Å²) in [7, 11) is 0. The van der Waals surface area contributed by atoms with E-state index in [2.05, 4.69) is 5.32 Å².